The van der Waals surface area contributed by atoms with Crippen LogP contribution in [0.4, 0.5) is 0 Å². The van der Waals surface area contributed by atoms with Gasteiger partial charge in [0.1, 0.15) is 5.01 Å². The predicted octanol–water partition coefficient (Wildman–Crippen LogP) is 6.17. The van der Waals surface area contributed by atoms with Crippen LogP contribution in [0.15, 0.2) is 63.3 Å². The van der Waals surface area contributed by atoms with Gasteiger partial charge in [0.05, 0.1) is 11.4 Å². The quantitative estimate of drug-likeness (QED) is 0.505. The van der Waals surface area contributed by atoms with Crippen molar-refractivity contribution in [1.29, 1.82) is 0 Å². The van der Waals surface area contributed by atoms with E-state index in [1.807, 2.05) is 23.9 Å². The lowest BCUT2D eigenvalue weighted by atomic mass is 10.2. The van der Waals surface area contributed by atoms with Crippen molar-refractivity contribution in [2.75, 3.05) is 0 Å². The Bertz CT molecular complexity index is 752. The fourth-order valence-electron chi connectivity index (χ4n) is 2.02. The van der Waals surface area contributed by atoms with Crippen LogP contribution >= 0.6 is 39.0 Å². The number of aromatic nitrogens is 1. The van der Waals surface area contributed by atoms with Crippen LogP contribution in [0, 0.1) is 6.92 Å². The average Bonchev–Trinajstić information content (AvgIpc) is 2.95. The second kappa shape index (κ2) is 6.77. The highest BCUT2D eigenvalue weighted by atomic mass is 79.9. The monoisotopic (exact) mass is 375 g/mol. The van der Waals surface area contributed by atoms with E-state index >= 15 is 0 Å². The van der Waals surface area contributed by atoms with Crippen LogP contribution < -0.4 is 0 Å². The summed E-state index contributed by atoms with van der Waals surface area (Å²) in [6, 6.07) is 16.8. The Kier molecular flexibility index (Phi) is 4.78. The van der Waals surface area contributed by atoms with Crippen molar-refractivity contribution in [3.8, 4) is 11.3 Å². The molecule has 106 valence electrons. The number of halogens is 1. The van der Waals surface area contributed by atoms with E-state index in [0.29, 0.717) is 0 Å². The minimum atomic E-state index is 0.920. The minimum Gasteiger partial charge on any atom is -0.240 e. The largest absolute Gasteiger partial charge is 0.240 e. The van der Waals surface area contributed by atoms with E-state index in [-0.39, 0.29) is 0 Å². The second-order valence-corrected chi connectivity index (χ2v) is 7.57. The smallest absolute Gasteiger partial charge is 0.104 e. The predicted molar refractivity (Wildman–Crippen MR) is 96.0 cm³/mol. The van der Waals surface area contributed by atoms with Gasteiger partial charge >= 0.3 is 0 Å². The molecule has 3 aromatic rings. The summed E-state index contributed by atoms with van der Waals surface area (Å²) in [6.45, 7) is 2.15. The minimum absolute atomic E-state index is 0.920. The van der Waals surface area contributed by atoms with Crippen LogP contribution in [0.1, 0.15) is 10.6 Å². The fraction of sp³-hybridized carbons (Fsp3) is 0.118. The maximum atomic E-state index is 4.74. The Hall–Kier alpha value is -1.10. The van der Waals surface area contributed by atoms with Gasteiger partial charge in [0, 0.05) is 20.3 Å². The summed E-state index contributed by atoms with van der Waals surface area (Å²) in [7, 11) is 0. The number of thiazole rings is 1. The number of hydrogen-bond acceptors (Lipinski definition) is 3. The van der Waals surface area contributed by atoms with Gasteiger partial charge in [-0.2, -0.15) is 0 Å². The lowest BCUT2D eigenvalue weighted by Gasteiger charge is -2.03. The molecule has 1 aromatic heterocycles. The lowest BCUT2D eigenvalue weighted by molar-refractivity contribution is 1.25. The zero-order valence-electron chi connectivity index (χ0n) is 11.5. The van der Waals surface area contributed by atoms with Crippen molar-refractivity contribution in [2.45, 2.75) is 17.6 Å². The fourth-order valence-corrected chi connectivity index (χ4v) is 4.27. The molecule has 1 heterocycles. The van der Waals surface area contributed by atoms with Gasteiger partial charge < -0.3 is 0 Å². The molecule has 0 aliphatic rings. The van der Waals surface area contributed by atoms with Gasteiger partial charge in [-0.15, -0.1) is 23.1 Å². The molecule has 0 spiro atoms. The van der Waals surface area contributed by atoms with Crippen molar-refractivity contribution < 1.29 is 0 Å². The van der Waals surface area contributed by atoms with E-state index in [9.17, 15) is 0 Å². The average molecular weight is 376 g/mol. The van der Waals surface area contributed by atoms with Crippen LogP contribution in [0.3, 0.4) is 0 Å². The third kappa shape index (κ3) is 3.76. The maximum Gasteiger partial charge on any atom is 0.104 e. The van der Waals surface area contributed by atoms with Gasteiger partial charge in [-0.05, 0) is 30.7 Å². The first-order valence-corrected chi connectivity index (χ1v) is 9.27. The lowest BCUT2D eigenvalue weighted by Crippen LogP contribution is -1.83. The summed E-state index contributed by atoms with van der Waals surface area (Å²) >= 11 is 7.09. The van der Waals surface area contributed by atoms with Gasteiger partial charge in [-0.25, -0.2) is 4.98 Å². The van der Waals surface area contributed by atoms with E-state index in [2.05, 4.69) is 64.6 Å². The van der Waals surface area contributed by atoms with Crippen molar-refractivity contribution >= 4 is 39.0 Å². The molecule has 0 atom stereocenters. The molecule has 3 rings (SSSR count). The third-order valence-corrected chi connectivity index (χ3v) is 5.83. The molecule has 0 aliphatic carbocycles. The van der Waals surface area contributed by atoms with Crippen LogP contribution in [-0.4, -0.2) is 4.98 Å². The molecule has 0 N–H and O–H groups in total. The topological polar surface area (TPSA) is 12.9 Å². The summed E-state index contributed by atoms with van der Waals surface area (Å²) in [5, 5.41) is 3.30. The molecule has 0 amide bonds. The molecule has 0 bridgehead atoms. The molecular weight excluding hydrogens is 362 g/mol. The van der Waals surface area contributed by atoms with Crippen molar-refractivity contribution in [3.63, 3.8) is 0 Å². The van der Waals surface area contributed by atoms with Gasteiger partial charge in [-0.3, -0.25) is 0 Å². The molecule has 0 unspecified atom stereocenters. The first-order valence-electron chi connectivity index (χ1n) is 6.61. The van der Waals surface area contributed by atoms with Crippen LogP contribution in [0.5, 0.6) is 0 Å². The number of rotatable bonds is 4. The number of benzene rings is 2. The maximum absolute atomic E-state index is 4.74. The van der Waals surface area contributed by atoms with Crippen LogP contribution in [0.25, 0.3) is 11.3 Å². The zero-order valence-corrected chi connectivity index (χ0v) is 14.8. The van der Waals surface area contributed by atoms with E-state index in [4.69, 9.17) is 4.98 Å². The second-order valence-electron chi connectivity index (χ2n) is 4.69. The van der Waals surface area contributed by atoms with E-state index in [0.717, 1.165) is 21.5 Å². The SMILES string of the molecule is Cc1ccccc1SCc1nc(-c2cccc(Br)c2)cs1. The molecule has 2 aromatic carbocycles. The normalized spacial score (nSPS) is 10.8. The summed E-state index contributed by atoms with van der Waals surface area (Å²) < 4.78 is 1.09. The molecule has 21 heavy (non-hydrogen) atoms. The summed E-state index contributed by atoms with van der Waals surface area (Å²) in [4.78, 5) is 6.07. The van der Waals surface area contributed by atoms with Gasteiger partial charge in [0.15, 0.2) is 0 Å². The molecule has 1 nitrogen and oxygen atoms in total. The van der Waals surface area contributed by atoms with E-state index < -0.39 is 0 Å². The van der Waals surface area contributed by atoms with E-state index in [1.54, 1.807) is 11.3 Å². The summed E-state index contributed by atoms with van der Waals surface area (Å²) in [6.07, 6.45) is 0. The van der Waals surface area contributed by atoms with Crippen LogP contribution in [0.2, 0.25) is 0 Å². The molecule has 0 radical (unpaired) electrons. The van der Waals surface area contributed by atoms with Gasteiger partial charge in [0.2, 0.25) is 0 Å². The Morgan fingerprint density at radius 3 is 2.81 bits per heavy atom. The Morgan fingerprint density at radius 1 is 1.14 bits per heavy atom. The first-order chi connectivity index (χ1) is 10.2. The molecule has 0 fully saturated rings. The molecular formula is C17H14BrNS2. The van der Waals surface area contributed by atoms with Crippen molar-refractivity contribution in [1.82, 2.24) is 4.98 Å². The molecule has 0 saturated heterocycles. The van der Waals surface area contributed by atoms with Gasteiger partial charge in [0.25, 0.3) is 0 Å². The Morgan fingerprint density at radius 2 is 2.00 bits per heavy atom. The van der Waals surface area contributed by atoms with Crippen molar-refractivity contribution in [3.05, 3.63) is 69.0 Å². The zero-order chi connectivity index (χ0) is 14.7. The summed E-state index contributed by atoms with van der Waals surface area (Å²) in [5.41, 5.74) is 3.54. The molecule has 4 heteroatoms. The highest BCUT2D eigenvalue weighted by Crippen LogP contribution is 2.30. The first kappa shape index (κ1) is 14.8. The number of aryl methyl sites for hydroxylation is 1. The highest BCUT2D eigenvalue weighted by molar-refractivity contribution is 9.10. The highest BCUT2D eigenvalue weighted by Gasteiger charge is 2.06. The summed E-state index contributed by atoms with van der Waals surface area (Å²) in [5.74, 6) is 0.920. The Labute approximate surface area is 141 Å². The standard InChI is InChI=1S/C17H14BrNS2/c1-12-5-2-3-8-16(12)20-11-17-19-15(10-21-17)13-6-4-7-14(18)9-13/h2-10H,11H2,1H3. The third-order valence-electron chi connectivity index (χ3n) is 3.12. The van der Waals surface area contributed by atoms with Gasteiger partial charge in [-0.1, -0.05) is 46.3 Å². The molecule has 0 saturated carbocycles. The molecule has 0 aliphatic heterocycles. The van der Waals surface area contributed by atoms with Crippen molar-refractivity contribution in [2.24, 2.45) is 0 Å². The number of hydrogen-bond donors (Lipinski definition) is 0. The van der Waals surface area contributed by atoms with E-state index in [1.165, 1.54) is 15.5 Å². The Balaban J connectivity index is 1.72. The van der Waals surface area contributed by atoms with Crippen LogP contribution in [-0.2, 0) is 5.75 Å². The number of thioether (sulfide) groups is 1. The number of nitrogens with zero attached hydrogens (tertiary/aromatic N) is 1.